The molecule has 1 unspecified atom stereocenters. The molecule has 0 saturated carbocycles. The fourth-order valence-corrected chi connectivity index (χ4v) is 1.26. The van der Waals surface area contributed by atoms with E-state index in [1.807, 2.05) is 0 Å². The SMILES string of the molecule is C[C@@H]1O[C@H](/C=C\Cl)[C@H](O)C1O. The molecule has 1 fully saturated rings. The monoisotopic (exact) mass is 178 g/mol. The molecule has 1 aliphatic rings. The molecule has 2 N–H and O–H groups in total. The Bertz CT molecular complexity index is 160. The van der Waals surface area contributed by atoms with Crippen LogP contribution in [0.25, 0.3) is 0 Å². The highest BCUT2D eigenvalue weighted by molar-refractivity contribution is 6.25. The standard InChI is InChI=1S/C7H11ClO3/c1-4-6(9)7(10)5(11-4)2-3-8/h2-7,9-10H,1H3/b3-2-/t4-,5+,6?,7-/m0/s1. The number of aliphatic hydroxyl groups is 2. The molecule has 4 heteroatoms. The number of rotatable bonds is 1. The first kappa shape index (κ1) is 9.00. The maximum Gasteiger partial charge on any atom is 0.112 e. The fraction of sp³-hybridized carbons (Fsp3) is 0.714. The van der Waals surface area contributed by atoms with Gasteiger partial charge in [0.25, 0.3) is 0 Å². The van der Waals surface area contributed by atoms with E-state index in [9.17, 15) is 10.2 Å². The van der Waals surface area contributed by atoms with Crippen molar-refractivity contribution in [2.24, 2.45) is 0 Å². The Morgan fingerprint density at radius 1 is 1.36 bits per heavy atom. The topological polar surface area (TPSA) is 49.7 Å². The van der Waals surface area contributed by atoms with E-state index in [-0.39, 0.29) is 6.10 Å². The molecule has 0 radical (unpaired) electrons. The summed E-state index contributed by atoms with van der Waals surface area (Å²) in [6, 6.07) is 0. The van der Waals surface area contributed by atoms with Crippen molar-refractivity contribution in [1.82, 2.24) is 0 Å². The molecule has 0 amide bonds. The van der Waals surface area contributed by atoms with Crippen LogP contribution in [0.15, 0.2) is 11.6 Å². The Balaban J connectivity index is 2.59. The van der Waals surface area contributed by atoms with E-state index in [1.54, 1.807) is 6.92 Å². The average molecular weight is 179 g/mol. The molecule has 0 aromatic heterocycles. The fourth-order valence-electron chi connectivity index (χ4n) is 1.11. The molecule has 11 heavy (non-hydrogen) atoms. The zero-order valence-corrected chi connectivity index (χ0v) is 6.90. The summed E-state index contributed by atoms with van der Waals surface area (Å²) in [5.74, 6) is 0. The van der Waals surface area contributed by atoms with E-state index < -0.39 is 18.3 Å². The smallest absolute Gasteiger partial charge is 0.112 e. The lowest BCUT2D eigenvalue weighted by atomic mass is 10.1. The van der Waals surface area contributed by atoms with Gasteiger partial charge in [-0.05, 0) is 13.0 Å². The lowest BCUT2D eigenvalue weighted by Gasteiger charge is -2.09. The van der Waals surface area contributed by atoms with Crippen molar-refractivity contribution in [3.8, 4) is 0 Å². The van der Waals surface area contributed by atoms with Crippen LogP contribution in [-0.2, 0) is 4.74 Å². The van der Waals surface area contributed by atoms with Gasteiger partial charge in [0.1, 0.15) is 18.3 Å². The minimum atomic E-state index is -0.861. The first-order chi connectivity index (χ1) is 5.16. The summed E-state index contributed by atoms with van der Waals surface area (Å²) in [6.45, 7) is 1.70. The summed E-state index contributed by atoms with van der Waals surface area (Å²) in [5.41, 5.74) is 1.28. The molecule has 0 aliphatic carbocycles. The van der Waals surface area contributed by atoms with Gasteiger partial charge in [-0.2, -0.15) is 0 Å². The molecule has 1 aliphatic heterocycles. The molecule has 1 rings (SSSR count). The van der Waals surface area contributed by atoms with E-state index in [0.29, 0.717) is 0 Å². The van der Waals surface area contributed by atoms with Crippen LogP contribution < -0.4 is 0 Å². The maximum absolute atomic E-state index is 9.27. The van der Waals surface area contributed by atoms with Crippen LogP contribution in [0, 0.1) is 0 Å². The summed E-state index contributed by atoms with van der Waals surface area (Å²) in [6.07, 6.45) is -0.966. The Hall–Kier alpha value is -0.0900. The van der Waals surface area contributed by atoms with Crippen molar-refractivity contribution in [3.63, 3.8) is 0 Å². The lowest BCUT2D eigenvalue weighted by Crippen LogP contribution is -2.30. The number of halogens is 1. The van der Waals surface area contributed by atoms with Crippen LogP contribution in [-0.4, -0.2) is 34.6 Å². The van der Waals surface area contributed by atoms with Crippen molar-refractivity contribution in [1.29, 1.82) is 0 Å². The molecule has 4 atom stereocenters. The van der Waals surface area contributed by atoms with Gasteiger partial charge in [-0.3, -0.25) is 0 Å². The minimum Gasteiger partial charge on any atom is -0.388 e. The molecular weight excluding hydrogens is 168 g/mol. The van der Waals surface area contributed by atoms with E-state index in [4.69, 9.17) is 16.3 Å². The normalized spacial score (nSPS) is 45.5. The van der Waals surface area contributed by atoms with E-state index >= 15 is 0 Å². The van der Waals surface area contributed by atoms with Gasteiger partial charge in [0.2, 0.25) is 0 Å². The first-order valence-corrected chi connectivity index (χ1v) is 3.89. The molecule has 0 bridgehead atoms. The second-order valence-electron chi connectivity index (χ2n) is 2.61. The Morgan fingerprint density at radius 3 is 2.36 bits per heavy atom. The summed E-state index contributed by atoms with van der Waals surface area (Å²) >= 11 is 5.29. The predicted molar refractivity (Wildman–Crippen MR) is 41.3 cm³/mol. The molecule has 3 nitrogen and oxygen atoms in total. The molecule has 1 heterocycles. The van der Waals surface area contributed by atoms with Crippen molar-refractivity contribution < 1.29 is 14.9 Å². The second-order valence-corrected chi connectivity index (χ2v) is 2.86. The minimum absolute atomic E-state index is 0.331. The predicted octanol–water partition coefficient (Wildman–Crippen LogP) is 0.248. The van der Waals surface area contributed by atoms with Crippen molar-refractivity contribution in [2.75, 3.05) is 0 Å². The van der Waals surface area contributed by atoms with Crippen LogP contribution in [0.3, 0.4) is 0 Å². The largest absolute Gasteiger partial charge is 0.388 e. The van der Waals surface area contributed by atoms with Crippen LogP contribution in [0.4, 0.5) is 0 Å². The van der Waals surface area contributed by atoms with Crippen molar-refractivity contribution in [2.45, 2.75) is 31.3 Å². The second kappa shape index (κ2) is 3.54. The van der Waals surface area contributed by atoms with Crippen LogP contribution in [0.5, 0.6) is 0 Å². The third-order valence-corrected chi connectivity index (χ3v) is 1.95. The van der Waals surface area contributed by atoms with Gasteiger partial charge in [-0.15, -0.1) is 0 Å². The summed E-state index contributed by atoms with van der Waals surface area (Å²) in [5, 5.41) is 18.5. The summed E-state index contributed by atoms with van der Waals surface area (Å²) in [7, 11) is 0. The third-order valence-electron chi connectivity index (χ3n) is 1.80. The Labute approximate surface area is 70.2 Å². The quantitative estimate of drug-likeness (QED) is 0.605. The average Bonchev–Trinajstić information content (AvgIpc) is 2.19. The first-order valence-electron chi connectivity index (χ1n) is 3.45. The van der Waals surface area contributed by atoms with Gasteiger partial charge < -0.3 is 14.9 Å². The van der Waals surface area contributed by atoms with Crippen LogP contribution in [0.2, 0.25) is 0 Å². The zero-order chi connectivity index (χ0) is 8.43. The van der Waals surface area contributed by atoms with E-state index in [0.717, 1.165) is 0 Å². The lowest BCUT2D eigenvalue weighted by molar-refractivity contribution is 0.0316. The van der Waals surface area contributed by atoms with Gasteiger partial charge in [-0.25, -0.2) is 0 Å². The van der Waals surface area contributed by atoms with Crippen LogP contribution in [0.1, 0.15) is 6.92 Å². The highest BCUT2D eigenvalue weighted by Crippen LogP contribution is 2.21. The van der Waals surface area contributed by atoms with E-state index in [2.05, 4.69) is 0 Å². The number of hydrogen-bond donors (Lipinski definition) is 2. The number of aliphatic hydroxyl groups excluding tert-OH is 2. The number of ether oxygens (including phenoxy) is 1. The van der Waals surface area contributed by atoms with Gasteiger partial charge in [0.15, 0.2) is 0 Å². The maximum atomic E-state index is 9.27. The molecule has 0 aromatic carbocycles. The third kappa shape index (κ3) is 1.73. The molecule has 0 aromatic rings. The van der Waals surface area contributed by atoms with Gasteiger partial charge in [0.05, 0.1) is 6.10 Å². The Kier molecular flexibility index (Phi) is 2.90. The van der Waals surface area contributed by atoms with E-state index in [1.165, 1.54) is 11.6 Å². The van der Waals surface area contributed by atoms with Crippen LogP contribution >= 0.6 is 11.6 Å². The highest BCUT2D eigenvalue weighted by atomic mass is 35.5. The van der Waals surface area contributed by atoms with Gasteiger partial charge in [-0.1, -0.05) is 11.6 Å². The van der Waals surface area contributed by atoms with Crippen molar-refractivity contribution in [3.05, 3.63) is 11.6 Å². The van der Waals surface area contributed by atoms with Gasteiger partial charge >= 0.3 is 0 Å². The zero-order valence-electron chi connectivity index (χ0n) is 6.14. The van der Waals surface area contributed by atoms with Gasteiger partial charge in [0, 0.05) is 5.54 Å². The highest BCUT2D eigenvalue weighted by Gasteiger charge is 2.38. The molecule has 64 valence electrons. The molecular formula is C7H11ClO3. The Morgan fingerprint density at radius 2 is 2.00 bits per heavy atom. The van der Waals surface area contributed by atoms with Crippen molar-refractivity contribution >= 4 is 11.6 Å². The summed E-state index contributed by atoms with van der Waals surface area (Å²) in [4.78, 5) is 0. The summed E-state index contributed by atoms with van der Waals surface area (Å²) < 4.78 is 5.15. The molecule has 0 spiro atoms. The number of hydrogen-bond acceptors (Lipinski definition) is 3. The molecule has 1 saturated heterocycles.